The number of hydrogen-bond acceptors (Lipinski definition) is 1. The first kappa shape index (κ1) is 9.90. The predicted molar refractivity (Wildman–Crippen MR) is 53.8 cm³/mol. The molecule has 13 heavy (non-hydrogen) atoms. The van der Waals surface area contributed by atoms with Gasteiger partial charge in [0.25, 0.3) is 0 Å². The number of rotatable bonds is 4. The molecule has 0 atom stereocenters. The molecular weight excluding hydrogens is 165 g/mol. The monoisotopic (exact) mass is 179 g/mol. The van der Waals surface area contributed by atoms with E-state index in [9.17, 15) is 4.39 Å². The van der Waals surface area contributed by atoms with E-state index in [1.165, 1.54) is 12.1 Å². The van der Waals surface area contributed by atoms with Gasteiger partial charge in [-0.1, -0.05) is 25.5 Å². The Kier molecular flexibility index (Phi) is 4.16. The fourth-order valence-corrected chi connectivity index (χ4v) is 1.01. The number of hydrogen-bond donors (Lipinski definition) is 0. The smallest absolute Gasteiger partial charge is 0.123 e. The first-order valence-electron chi connectivity index (χ1n) is 4.58. The fraction of sp³-hybridized carbons (Fsp3) is 0.364. The lowest BCUT2D eigenvalue weighted by molar-refractivity contribution is 0.627. The second-order valence-corrected chi connectivity index (χ2v) is 2.94. The fourth-order valence-electron chi connectivity index (χ4n) is 1.01. The summed E-state index contributed by atoms with van der Waals surface area (Å²) in [7, 11) is 0. The lowest BCUT2D eigenvalue weighted by Gasteiger charge is -1.93. The summed E-state index contributed by atoms with van der Waals surface area (Å²) in [6.07, 6.45) is 3.95. The van der Waals surface area contributed by atoms with Crippen LogP contribution in [-0.4, -0.2) is 12.8 Å². The Labute approximate surface area is 78.3 Å². The topological polar surface area (TPSA) is 12.4 Å². The predicted octanol–water partition coefficient (Wildman–Crippen LogP) is 3.04. The van der Waals surface area contributed by atoms with Crippen LogP contribution < -0.4 is 0 Å². The Bertz CT molecular complexity index is 281. The van der Waals surface area contributed by atoms with Crippen molar-refractivity contribution in [1.82, 2.24) is 0 Å². The zero-order valence-corrected chi connectivity index (χ0v) is 7.83. The standard InChI is InChI=1S/C11H14FN/c1-2-3-7-13-9-10-5-4-6-11(12)8-10/h4-6,8-9H,2-3,7H2,1H3. The van der Waals surface area contributed by atoms with Crippen molar-refractivity contribution >= 4 is 6.21 Å². The minimum Gasteiger partial charge on any atom is -0.293 e. The molecular formula is C11H14FN. The third kappa shape index (κ3) is 3.83. The second kappa shape index (κ2) is 5.46. The van der Waals surface area contributed by atoms with Gasteiger partial charge in [0, 0.05) is 12.8 Å². The number of aliphatic imine (C=N–C) groups is 1. The molecule has 0 N–H and O–H groups in total. The molecule has 1 aromatic carbocycles. The highest BCUT2D eigenvalue weighted by Gasteiger charge is 1.89. The highest BCUT2D eigenvalue weighted by molar-refractivity contribution is 5.79. The maximum absolute atomic E-state index is 12.7. The minimum absolute atomic E-state index is 0.209. The maximum atomic E-state index is 12.7. The van der Waals surface area contributed by atoms with Gasteiger partial charge in [-0.05, 0) is 24.1 Å². The molecule has 70 valence electrons. The molecule has 0 amide bonds. The summed E-state index contributed by atoms with van der Waals surface area (Å²) < 4.78 is 12.7. The Morgan fingerprint density at radius 3 is 3.00 bits per heavy atom. The molecule has 0 saturated heterocycles. The molecule has 1 aromatic rings. The molecule has 0 heterocycles. The molecule has 0 saturated carbocycles. The summed E-state index contributed by atoms with van der Waals surface area (Å²) in [6.45, 7) is 2.95. The molecule has 1 rings (SSSR count). The Balaban J connectivity index is 2.48. The molecule has 0 aliphatic rings. The van der Waals surface area contributed by atoms with Crippen molar-refractivity contribution in [3.8, 4) is 0 Å². The highest BCUT2D eigenvalue weighted by Crippen LogP contribution is 2.00. The maximum Gasteiger partial charge on any atom is 0.123 e. The van der Waals surface area contributed by atoms with Crippen molar-refractivity contribution in [2.75, 3.05) is 6.54 Å². The van der Waals surface area contributed by atoms with Crippen LogP contribution in [0.5, 0.6) is 0 Å². The lowest BCUT2D eigenvalue weighted by Crippen LogP contribution is -1.85. The van der Waals surface area contributed by atoms with Crippen LogP contribution in [0.25, 0.3) is 0 Å². The van der Waals surface area contributed by atoms with Crippen molar-refractivity contribution < 1.29 is 4.39 Å². The van der Waals surface area contributed by atoms with Gasteiger partial charge >= 0.3 is 0 Å². The van der Waals surface area contributed by atoms with Gasteiger partial charge in [-0.25, -0.2) is 4.39 Å². The lowest BCUT2D eigenvalue weighted by atomic mass is 10.2. The molecule has 0 radical (unpaired) electrons. The van der Waals surface area contributed by atoms with Crippen LogP contribution in [-0.2, 0) is 0 Å². The summed E-state index contributed by atoms with van der Waals surface area (Å²) in [5.74, 6) is -0.209. The molecule has 0 bridgehead atoms. The van der Waals surface area contributed by atoms with Crippen molar-refractivity contribution in [3.05, 3.63) is 35.6 Å². The molecule has 2 heteroatoms. The number of unbranched alkanes of at least 4 members (excludes halogenated alkanes) is 1. The van der Waals surface area contributed by atoms with Crippen LogP contribution in [0.4, 0.5) is 4.39 Å². The molecule has 0 spiro atoms. The Hall–Kier alpha value is -1.18. The van der Waals surface area contributed by atoms with Gasteiger partial charge < -0.3 is 0 Å². The number of nitrogens with zero attached hydrogens (tertiary/aromatic N) is 1. The van der Waals surface area contributed by atoms with E-state index >= 15 is 0 Å². The van der Waals surface area contributed by atoms with E-state index in [0.29, 0.717) is 0 Å². The van der Waals surface area contributed by atoms with E-state index in [4.69, 9.17) is 0 Å². The highest BCUT2D eigenvalue weighted by atomic mass is 19.1. The second-order valence-electron chi connectivity index (χ2n) is 2.94. The molecule has 1 nitrogen and oxygen atoms in total. The third-order valence-electron chi connectivity index (χ3n) is 1.73. The van der Waals surface area contributed by atoms with Gasteiger partial charge in [0.05, 0.1) is 0 Å². The summed E-state index contributed by atoms with van der Waals surface area (Å²) >= 11 is 0. The van der Waals surface area contributed by atoms with Crippen molar-refractivity contribution in [3.63, 3.8) is 0 Å². The van der Waals surface area contributed by atoms with Crippen LogP contribution in [0.1, 0.15) is 25.3 Å². The van der Waals surface area contributed by atoms with Gasteiger partial charge in [0.15, 0.2) is 0 Å². The van der Waals surface area contributed by atoms with Crippen LogP contribution in [0.15, 0.2) is 29.3 Å². The van der Waals surface area contributed by atoms with Crippen molar-refractivity contribution in [1.29, 1.82) is 0 Å². The van der Waals surface area contributed by atoms with E-state index in [1.807, 2.05) is 6.07 Å². The van der Waals surface area contributed by atoms with Crippen LogP contribution in [0, 0.1) is 5.82 Å². The van der Waals surface area contributed by atoms with E-state index in [1.54, 1.807) is 12.3 Å². The average molecular weight is 179 g/mol. The normalized spacial score (nSPS) is 10.9. The van der Waals surface area contributed by atoms with Gasteiger partial charge in [-0.2, -0.15) is 0 Å². The van der Waals surface area contributed by atoms with Gasteiger partial charge in [-0.3, -0.25) is 4.99 Å². The van der Waals surface area contributed by atoms with Gasteiger partial charge in [-0.15, -0.1) is 0 Å². The first-order chi connectivity index (χ1) is 6.33. The number of halogens is 1. The summed E-state index contributed by atoms with van der Waals surface area (Å²) in [5, 5.41) is 0. The molecule has 0 aliphatic heterocycles. The zero-order valence-electron chi connectivity index (χ0n) is 7.83. The molecule has 0 aliphatic carbocycles. The first-order valence-corrected chi connectivity index (χ1v) is 4.58. The molecule has 0 unspecified atom stereocenters. The Morgan fingerprint density at radius 2 is 2.31 bits per heavy atom. The quantitative estimate of drug-likeness (QED) is 0.497. The Morgan fingerprint density at radius 1 is 1.46 bits per heavy atom. The van der Waals surface area contributed by atoms with Gasteiger partial charge in [0.2, 0.25) is 0 Å². The average Bonchev–Trinajstić information content (AvgIpc) is 2.13. The van der Waals surface area contributed by atoms with Crippen molar-refractivity contribution in [2.45, 2.75) is 19.8 Å². The summed E-state index contributed by atoms with van der Waals surface area (Å²) in [4.78, 5) is 4.18. The molecule has 0 aromatic heterocycles. The van der Waals surface area contributed by atoms with E-state index in [0.717, 1.165) is 24.9 Å². The molecule has 0 fully saturated rings. The summed E-state index contributed by atoms with van der Waals surface area (Å²) in [5.41, 5.74) is 0.830. The van der Waals surface area contributed by atoms with Crippen LogP contribution in [0.2, 0.25) is 0 Å². The SMILES string of the molecule is CCCCN=Cc1cccc(F)c1. The largest absolute Gasteiger partial charge is 0.293 e. The summed E-state index contributed by atoms with van der Waals surface area (Å²) in [6, 6.07) is 6.45. The van der Waals surface area contributed by atoms with Crippen LogP contribution in [0.3, 0.4) is 0 Å². The zero-order chi connectivity index (χ0) is 9.52. The van der Waals surface area contributed by atoms with E-state index < -0.39 is 0 Å². The van der Waals surface area contributed by atoms with E-state index in [2.05, 4.69) is 11.9 Å². The minimum atomic E-state index is -0.209. The van der Waals surface area contributed by atoms with Crippen molar-refractivity contribution in [2.24, 2.45) is 4.99 Å². The van der Waals surface area contributed by atoms with Gasteiger partial charge in [0.1, 0.15) is 5.82 Å². The van der Waals surface area contributed by atoms with E-state index in [-0.39, 0.29) is 5.82 Å². The third-order valence-corrected chi connectivity index (χ3v) is 1.73. The van der Waals surface area contributed by atoms with Crippen LogP contribution >= 0.6 is 0 Å². The number of benzene rings is 1.